The lowest BCUT2D eigenvalue weighted by Crippen LogP contribution is -2.38. The van der Waals surface area contributed by atoms with Crippen LogP contribution in [0.2, 0.25) is 0 Å². The second-order valence-electron chi connectivity index (χ2n) is 7.24. The van der Waals surface area contributed by atoms with Crippen LogP contribution in [0.4, 0.5) is 0 Å². The molecule has 2 rings (SSSR count). The minimum atomic E-state index is -0.938. The molecular weight excluding hydrogens is 362 g/mol. The standard InChI is InChI=1S/C20H29N3O5/c1-6-27-9-7-8-23(11-13(4)20(25)26)19(24)15-10-16(12(2)3)21-18-17(15)14(5)22-28-18/h10,12-13H,6-9,11H2,1-5H3,(H,25,26). The number of hydrogen-bond acceptors (Lipinski definition) is 6. The summed E-state index contributed by atoms with van der Waals surface area (Å²) in [6.45, 7) is 10.9. The van der Waals surface area contributed by atoms with Gasteiger partial charge >= 0.3 is 5.97 Å². The number of pyridine rings is 1. The molecule has 8 heteroatoms. The molecule has 0 aliphatic heterocycles. The van der Waals surface area contributed by atoms with Gasteiger partial charge in [-0.25, -0.2) is 4.98 Å². The Bertz CT molecular complexity index is 831. The van der Waals surface area contributed by atoms with Gasteiger partial charge in [-0.3, -0.25) is 9.59 Å². The van der Waals surface area contributed by atoms with E-state index in [2.05, 4.69) is 10.1 Å². The molecule has 0 aliphatic carbocycles. The predicted molar refractivity (Wildman–Crippen MR) is 104 cm³/mol. The van der Waals surface area contributed by atoms with Crippen molar-refractivity contribution >= 4 is 23.0 Å². The molecule has 1 atom stereocenters. The van der Waals surface area contributed by atoms with Crippen molar-refractivity contribution in [2.75, 3.05) is 26.3 Å². The van der Waals surface area contributed by atoms with Gasteiger partial charge in [0.1, 0.15) is 0 Å². The zero-order valence-electron chi connectivity index (χ0n) is 17.2. The molecule has 0 saturated heterocycles. The van der Waals surface area contributed by atoms with E-state index in [1.807, 2.05) is 20.8 Å². The third-order valence-electron chi connectivity index (χ3n) is 4.58. The zero-order chi connectivity index (χ0) is 20.8. The van der Waals surface area contributed by atoms with E-state index in [0.29, 0.717) is 48.5 Å². The van der Waals surface area contributed by atoms with Crippen molar-refractivity contribution in [1.29, 1.82) is 0 Å². The average molecular weight is 391 g/mol. The monoisotopic (exact) mass is 391 g/mol. The highest BCUT2D eigenvalue weighted by Gasteiger charge is 2.26. The maximum atomic E-state index is 13.4. The quantitative estimate of drug-likeness (QED) is 0.620. The van der Waals surface area contributed by atoms with Crippen LogP contribution in [0, 0.1) is 12.8 Å². The molecule has 2 aromatic rings. The summed E-state index contributed by atoms with van der Waals surface area (Å²) in [7, 11) is 0. The van der Waals surface area contributed by atoms with Crippen molar-refractivity contribution in [1.82, 2.24) is 15.0 Å². The summed E-state index contributed by atoms with van der Waals surface area (Å²) in [6, 6.07) is 1.76. The average Bonchev–Trinajstić information content (AvgIpc) is 3.03. The highest BCUT2D eigenvalue weighted by atomic mass is 16.5. The molecule has 0 spiro atoms. The number of rotatable bonds is 10. The molecule has 1 unspecified atom stereocenters. The second kappa shape index (κ2) is 9.64. The maximum Gasteiger partial charge on any atom is 0.308 e. The Morgan fingerprint density at radius 3 is 2.64 bits per heavy atom. The van der Waals surface area contributed by atoms with Crippen LogP contribution < -0.4 is 0 Å². The van der Waals surface area contributed by atoms with E-state index < -0.39 is 11.9 Å². The predicted octanol–water partition coefficient (Wildman–Crippen LogP) is 3.24. The Hall–Kier alpha value is -2.48. The number of hydrogen-bond donors (Lipinski definition) is 1. The van der Waals surface area contributed by atoms with E-state index >= 15 is 0 Å². The molecule has 0 aliphatic rings. The van der Waals surface area contributed by atoms with Gasteiger partial charge in [0, 0.05) is 32.0 Å². The van der Waals surface area contributed by atoms with E-state index in [1.54, 1.807) is 24.8 Å². The molecule has 8 nitrogen and oxygen atoms in total. The fraction of sp³-hybridized carbons (Fsp3) is 0.600. The van der Waals surface area contributed by atoms with Crippen LogP contribution >= 0.6 is 0 Å². The van der Waals surface area contributed by atoms with Crippen LogP contribution in [0.25, 0.3) is 11.1 Å². The Kier molecular flexibility index (Phi) is 7.51. The summed E-state index contributed by atoms with van der Waals surface area (Å²) >= 11 is 0. The number of nitrogens with zero attached hydrogens (tertiary/aromatic N) is 3. The number of carbonyl (C=O) groups excluding carboxylic acids is 1. The van der Waals surface area contributed by atoms with Crippen LogP contribution in [0.3, 0.4) is 0 Å². The molecular formula is C20H29N3O5. The van der Waals surface area contributed by atoms with Crippen molar-refractivity contribution in [3.8, 4) is 0 Å². The molecule has 0 bridgehead atoms. The van der Waals surface area contributed by atoms with Gasteiger partial charge in [-0.2, -0.15) is 0 Å². The van der Waals surface area contributed by atoms with Gasteiger partial charge in [0.05, 0.1) is 22.6 Å². The smallest absolute Gasteiger partial charge is 0.308 e. The minimum Gasteiger partial charge on any atom is -0.481 e. The Morgan fingerprint density at radius 1 is 1.32 bits per heavy atom. The van der Waals surface area contributed by atoms with Crippen molar-refractivity contribution in [3.63, 3.8) is 0 Å². The Morgan fingerprint density at radius 2 is 2.04 bits per heavy atom. The third-order valence-corrected chi connectivity index (χ3v) is 4.58. The molecule has 0 fully saturated rings. The normalized spacial score (nSPS) is 12.5. The minimum absolute atomic E-state index is 0.103. The van der Waals surface area contributed by atoms with Crippen molar-refractivity contribution in [2.24, 2.45) is 5.92 Å². The first-order valence-electron chi connectivity index (χ1n) is 9.62. The molecule has 2 aromatic heterocycles. The largest absolute Gasteiger partial charge is 0.481 e. The molecule has 28 heavy (non-hydrogen) atoms. The fourth-order valence-electron chi connectivity index (χ4n) is 2.93. The van der Waals surface area contributed by atoms with Crippen LogP contribution in [-0.2, 0) is 9.53 Å². The SMILES string of the molecule is CCOCCCN(CC(C)C(=O)O)C(=O)c1cc(C(C)C)nc2onc(C)c12. The first-order chi connectivity index (χ1) is 13.3. The van der Waals surface area contributed by atoms with Crippen LogP contribution in [0.1, 0.15) is 61.8 Å². The van der Waals surface area contributed by atoms with Crippen LogP contribution in [-0.4, -0.2) is 58.3 Å². The number of aryl methyl sites for hydroxylation is 1. The van der Waals surface area contributed by atoms with E-state index in [4.69, 9.17) is 9.26 Å². The van der Waals surface area contributed by atoms with Gasteiger partial charge in [0.15, 0.2) is 0 Å². The van der Waals surface area contributed by atoms with Gasteiger partial charge in [0.25, 0.3) is 11.6 Å². The third kappa shape index (κ3) is 5.07. The number of carboxylic acid groups (broad SMARTS) is 1. The van der Waals surface area contributed by atoms with Gasteiger partial charge in [-0.1, -0.05) is 25.9 Å². The number of fused-ring (bicyclic) bond motifs is 1. The summed E-state index contributed by atoms with van der Waals surface area (Å²) in [5.74, 6) is -1.76. The van der Waals surface area contributed by atoms with E-state index in [-0.39, 0.29) is 18.4 Å². The van der Waals surface area contributed by atoms with E-state index in [9.17, 15) is 14.7 Å². The van der Waals surface area contributed by atoms with Crippen molar-refractivity contribution < 1.29 is 24.0 Å². The first kappa shape index (κ1) is 21.8. The molecule has 1 N–H and O–H groups in total. The summed E-state index contributed by atoms with van der Waals surface area (Å²) in [5, 5.41) is 13.8. The molecule has 1 amide bonds. The lowest BCUT2D eigenvalue weighted by Gasteiger charge is -2.25. The van der Waals surface area contributed by atoms with Gasteiger partial charge in [-0.05, 0) is 32.3 Å². The summed E-state index contributed by atoms with van der Waals surface area (Å²) < 4.78 is 10.7. The van der Waals surface area contributed by atoms with E-state index in [0.717, 1.165) is 5.69 Å². The molecule has 154 valence electrons. The summed E-state index contributed by atoms with van der Waals surface area (Å²) in [4.78, 5) is 30.8. The number of amides is 1. The summed E-state index contributed by atoms with van der Waals surface area (Å²) in [6.07, 6.45) is 0.625. The molecule has 0 radical (unpaired) electrons. The highest BCUT2D eigenvalue weighted by molar-refractivity contribution is 6.06. The van der Waals surface area contributed by atoms with E-state index in [1.165, 1.54) is 0 Å². The lowest BCUT2D eigenvalue weighted by atomic mass is 10.0. The Labute approximate surface area is 164 Å². The lowest BCUT2D eigenvalue weighted by molar-refractivity contribution is -0.141. The van der Waals surface area contributed by atoms with Gasteiger partial charge in [0.2, 0.25) is 0 Å². The second-order valence-corrected chi connectivity index (χ2v) is 7.24. The maximum absolute atomic E-state index is 13.4. The Balaban J connectivity index is 2.40. The van der Waals surface area contributed by atoms with Crippen LogP contribution in [0.15, 0.2) is 10.6 Å². The zero-order valence-corrected chi connectivity index (χ0v) is 17.2. The topological polar surface area (TPSA) is 106 Å². The van der Waals surface area contributed by atoms with Crippen molar-refractivity contribution in [3.05, 3.63) is 23.0 Å². The van der Waals surface area contributed by atoms with Gasteiger partial charge < -0.3 is 19.3 Å². The summed E-state index contributed by atoms with van der Waals surface area (Å²) in [5.41, 5.74) is 2.09. The van der Waals surface area contributed by atoms with Gasteiger partial charge in [-0.15, -0.1) is 0 Å². The number of aromatic nitrogens is 2. The molecule has 0 saturated carbocycles. The molecule has 0 aromatic carbocycles. The molecule has 2 heterocycles. The number of carboxylic acids is 1. The number of carbonyl (C=O) groups is 2. The fourth-order valence-corrected chi connectivity index (χ4v) is 2.93. The van der Waals surface area contributed by atoms with Crippen LogP contribution in [0.5, 0.6) is 0 Å². The number of ether oxygens (including phenoxy) is 1. The highest BCUT2D eigenvalue weighted by Crippen LogP contribution is 2.26. The van der Waals surface area contributed by atoms with Crippen molar-refractivity contribution in [2.45, 2.75) is 47.0 Å². The first-order valence-corrected chi connectivity index (χ1v) is 9.62. The number of aliphatic carboxylic acids is 1.